The predicted octanol–water partition coefficient (Wildman–Crippen LogP) is 2.57. The van der Waals surface area contributed by atoms with Gasteiger partial charge >= 0.3 is 0 Å². The first-order chi connectivity index (χ1) is 8.20. The van der Waals surface area contributed by atoms with E-state index in [0.29, 0.717) is 12.1 Å². The van der Waals surface area contributed by atoms with E-state index in [1.807, 2.05) is 0 Å². The molecule has 1 aliphatic carbocycles. The van der Waals surface area contributed by atoms with Gasteiger partial charge in [0.05, 0.1) is 0 Å². The van der Waals surface area contributed by atoms with E-state index >= 15 is 0 Å². The number of nitrogens with zero attached hydrogens (tertiary/aromatic N) is 1. The van der Waals surface area contributed by atoms with Gasteiger partial charge in [-0.2, -0.15) is 0 Å². The Morgan fingerprint density at radius 3 is 2.88 bits per heavy atom. The van der Waals surface area contributed by atoms with Crippen LogP contribution in [0.2, 0.25) is 0 Å². The highest BCUT2D eigenvalue weighted by Gasteiger charge is 2.28. The summed E-state index contributed by atoms with van der Waals surface area (Å²) in [4.78, 5) is 2.50. The van der Waals surface area contributed by atoms with Crippen molar-refractivity contribution in [1.82, 2.24) is 10.2 Å². The summed E-state index contributed by atoms with van der Waals surface area (Å²) >= 11 is 0. The highest BCUT2D eigenvalue weighted by atomic mass is 15.2. The molecule has 94 valence electrons. The number of nitrogens with one attached hydrogen (secondary N) is 1. The first kappa shape index (κ1) is 12.6. The average Bonchev–Trinajstić information content (AvgIpc) is 2.77. The molecule has 2 atom stereocenters. The summed E-state index contributed by atoms with van der Waals surface area (Å²) in [5.41, 5.74) is 2.78. The zero-order valence-corrected chi connectivity index (χ0v) is 11.2. The van der Waals surface area contributed by atoms with E-state index in [4.69, 9.17) is 0 Å². The first-order valence-corrected chi connectivity index (χ1v) is 6.64. The molecule has 2 unspecified atom stereocenters. The van der Waals surface area contributed by atoms with Gasteiger partial charge in [-0.3, -0.25) is 4.90 Å². The fourth-order valence-corrected chi connectivity index (χ4v) is 3.02. The number of hydrogen-bond acceptors (Lipinski definition) is 2. The molecule has 1 fully saturated rings. The minimum absolute atomic E-state index is 0.671. The van der Waals surface area contributed by atoms with Crippen molar-refractivity contribution in [2.24, 2.45) is 0 Å². The van der Waals surface area contributed by atoms with Gasteiger partial charge in [-0.05, 0) is 39.4 Å². The summed E-state index contributed by atoms with van der Waals surface area (Å²) < 4.78 is 0. The van der Waals surface area contributed by atoms with Crippen molar-refractivity contribution in [1.29, 1.82) is 0 Å². The van der Waals surface area contributed by atoms with Crippen LogP contribution in [0.25, 0.3) is 0 Å². The molecule has 0 heterocycles. The lowest BCUT2D eigenvalue weighted by molar-refractivity contribution is 0.208. The Balaban J connectivity index is 1.99. The number of likely N-dealkylation sites (N-methyl/N-ethyl adjacent to an activating group) is 2. The lowest BCUT2D eigenvalue weighted by Gasteiger charge is -2.29. The van der Waals surface area contributed by atoms with E-state index in [2.05, 4.69) is 55.5 Å². The van der Waals surface area contributed by atoms with Crippen LogP contribution in [-0.4, -0.2) is 31.1 Å². The molecule has 0 aliphatic heterocycles. The Labute approximate surface area is 105 Å². The van der Waals surface area contributed by atoms with E-state index in [9.17, 15) is 0 Å². The van der Waals surface area contributed by atoms with Crippen LogP contribution >= 0.6 is 0 Å². The van der Waals surface area contributed by atoms with E-state index in [1.54, 1.807) is 0 Å². The van der Waals surface area contributed by atoms with Crippen LogP contribution in [0.3, 0.4) is 0 Å². The van der Waals surface area contributed by atoms with Gasteiger partial charge in [0.1, 0.15) is 0 Å². The minimum Gasteiger partial charge on any atom is -0.315 e. The normalized spacial score (nSPS) is 24.5. The topological polar surface area (TPSA) is 15.3 Å². The molecule has 17 heavy (non-hydrogen) atoms. The Kier molecular flexibility index (Phi) is 4.19. The molecular formula is C15H24N2. The van der Waals surface area contributed by atoms with Crippen molar-refractivity contribution in [2.75, 3.05) is 14.1 Å². The molecule has 0 aromatic heterocycles. The van der Waals surface area contributed by atoms with Crippen molar-refractivity contribution >= 4 is 0 Å². The van der Waals surface area contributed by atoms with E-state index < -0.39 is 0 Å². The second-order valence-corrected chi connectivity index (χ2v) is 5.30. The van der Waals surface area contributed by atoms with Crippen LogP contribution in [0, 0.1) is 6.92 Å². The number of aryl methyl sites for hydroxylation is 1. The van der Waals surface area contributed by atoms with Gasteiger partial charge in [0.2, 0.25) is 0 Å². The minimum atomic E-state index is 0.671. The number of benzene rings is 1. The molecular weight excluding hydrogens is 208 g/mol. The van der Waals surface area contributed by atoms with Gasteiger partial charge in [-0.15, -0.1) is 0 Å². The van der Waals surface area contributed by atoms with Crippen LogP contribution in [0.5, 0.6) is 0 Å². The van der Waals surface area contributed by atoms with Crippen molar-refractivity contribution in [3.63, 3.8) is 0 Å². The van der Waals surface area contributed by atoms with Crippen LogP contribution in [0.1, 0.15) is 30.4 Å². The molecule has 1 aromatic carbocycles. The monoisotopic (exact) mass is 232 g/mol. The molecule has 2 rings (SSSR count). The molecule has 0 bridgehead atoms. The SMILES string of the molecule is CNC1CCCC1N(C)Cc1cccc(C)c1. The Bertz CT molecular complexity index is 362. The van der Waals surface area contributed by atoms with E-state index in [0.717, 1.165) is 6.54 Å². The molecule has 2 heteroatoms. The zero-order chi connectivity index (χ0) is 12.3. The predicted molar refractivity (Wildman–Crippen MR) is 73.1 cm³/mol. The van der Waals surface area contributed by atoms with Gasteiger partial charge in [0, 0.05) is 18.6 Å². The summed E-state index contributed by atoms with van der Waals surface area (Å²) in [5.74, 6) is 0. The summed E-state index contributed by atoms with van der Waals surface area (Å²) in [6, 6.07) is 10.2. The van der Waals surface area contributed by atoms with Gasteiger partial charge in [-0.25, -0.2) is 0 Å². The maximum Gasteiger partial charge on any atom is 0.0249 e. The van der Waals surface area contributed by atoms with Crippen molar-refractivity contribution < 1.29 is 0 Å². The lowest BCUT2D eigenvalue weighted by Crippen LogP contribution is -2.43. The molecule has 0 radical (unpaired) electrons. The summed E-state index contributed by atoms with van der Waals surface area (Å²) in [6.45, 7) is 3.22. The third kappa shape index (κ3) is 3.08. The quantitative estimate of drug-likeness (QED) is 0.858. The van der Waals surface area contributed by atoms with E-state index in [-0.39, 0.29) is 0 Å². The van der Waals surface area contributed by atoms with Gasteiger partial charge in [0.15, 0.2) is 0 Å². The second kappa shape index (κ2) is 5.65. The molecule has 1 N–H and O–H groups in total. The Morgan fingerprint density at radius 2 is 2.18 bits per heavy atom. The van der Waals surface area contributed by atoms with E-state index in [1.165, 1.54) is 30.4 Å². The summed E-state index contributed by atoms with van der Waals surface area (Å²) in [7, 11) is 4.34. The number of rotatable bonds is 4. The maximum absolute atomic E-state index is 3.45. The maximum atomic E-state index is 3.45. The number of hydrogen-bond donors (Lipinski definition) is 1. The van der Waals surface area contributed by atoms with Gasteiger partial charge < -0.3 is 5.32 Å². The molecule has 0 saturated heterocycles. The van der Waals surface area contributed by atoms with Gasteiger partial charge in [-0.1, -0.05) is 36.2 Å². The second-order valence-electron chi connectivity index (χ2n) is 5.30. The van der Waals surface area contributed by atoms with Crippen LogP contribution < -0.4 is 5.32 Å². The standard InChI is InChI=1S/C15H24N2/c1-12-6-4-7-13(10-12)11-17(3)15-9-5-8-14(15)16-2/h4,6-7,10,14-16H,5,8-9,11H2,1-3H3. The first-order valence-electron chi connectivity index (χ1n) is 6.64. The third-order valence-corrected chi connectivity index (χ3v) is 3.93. The lowest BCUT2D eigenvalue weighted by atomic mass is 10.1. The van der Waals surface area contributed by atoms with Crippen molar-refractivity contribution in [2.45, 2.75) is 44.8 Å². The van der Waals surface area contributed by atoms with Crippen LogP contribution in [0.15, 0.2) is 24.3 Å². The molecule has 0 spiro atoms. The summed E-state index contributed by atoms with van der Waals surface area (Å²) in [5, 5.41) is 3.45. The average molecular weight is 232 g/mol. The summed E-state index contributed by atoms with van der Waals surface area (Å²) in [6.07, 6.45) is 4.00. The fraction of sp³-hybridized carbons (Fsp3) is 0.600. The highest BCUT2D eigenvalue weighted by molar-refractivity contribution is 5.22. The molecule has 1 aromatic rings. The van der Waals surface area contributed by atoms with Crippen molar-refractivity contribution in [3.8, 4) is 0 Å². The Morgan fingerprint density at radius 1 is 1.35 bits per heavy atom. The third-order valence-electron chi connectivity index (χ3n) is 3.93. The highest BCUT2D eigenvalue weighted by Crippen LogP contribution is 2.24. The smallest absolute Gasteiger partial charge is 0.0249 e. The largest absolute Gasteiger partial charge is 0.315 e. The van der Waals surface area contributed by atoms with Crippen LogP contribution in [0.4, 0.5) is 0 Å². The molecule has 1 aliphatic rings. The van der Waals surface area contributed by atoms with Crippen molar-refractivity contribution in [3.05, 3.63) is 35.4 Å². The Hall–Kier alpha value is -0.860. The fourth-order valence-electron chi connectivity index (χ4n) is 3.02. The molecule has 2 nitrogen and oxygen atoms in total. The molecule has 1 saturated carbocycles. The van der Waals surface area contributed by atoms with Crippen LogP contribution in [-0.2, 0) is 6.54 Å². The molecule has 0 amide bonds. The zero-order valence-electron chi connectivity index (χ0n) is 11.2. The van der Waals surface area contributed by atoms with Gasteiger partial charge in [0.25, 0.3) is 0 Å².